The molecule has 0 spiro atoms. The molecule has 0 rings (SSSR count). The highest BCUT2D eigenvalue weighted by Crippen LogP contribution is 2.17. The van der Waals surface area contributed by atoms with Gasteiger partial charge in [-0.2, -0.15) is 0 Å². The van der Waals surface area contributed by atoms with Gasteiger partial charge in [0.1, 0.15) is 13.2 Å². The molecule has 1 unspecified atom stereocenters. The van der Waals surface area contributed by atoms with Crippen molar-refractivity contribution in [3.8, 4) is 0 Å². The molecule has 0 saturated heterocycles. The number of hydrogen-bond acceptors (Lipinski definition) is 6. The lowest BCUT2D eigenvalue weighted by molar-refractivity contribution is -0.167. The molecule has 63 heavy (non-hydrogen) atoms. The van der Waals surface area contributed by atoms with Gasteiger partial charge in [-0.1, -0.05) is 270 Å². The molecule has 0 bridgehead atoms. The molecule has 6 heteroatoms. The molecule has 0 radical (unpaired) electrons. The number of allylic oxidation sites excluding steroid dienone is 2. The predicted molar refractivity (Wildman–Crippen MR) is 270 cm³/mol. The van der Waals surface area contributed by atoms with Gasteiger partial charge < -0.3 is 14.2 Å². The molecular formula is C57H108O6. The molecule has 0 aliphatic carbocycles. The third-order valence-corrected chi connectivity index (χ3v) is 12.8. The molecule has 0 amide bonds. The predicted octanol–water partition coefficient (Wildman–Crippen LogP) is 18.5. The van der Waals surface area contributed by atoms with E-state index in [2.05, 4.69) is 32.9 Å². The average Bonchev–Trinajstić information content (AvgIpc) is 3.28. The molecule has 0 fully saturated rings. The van der Waals surface area contributed by atoms with Crippen LogP contribution in [0.1, 0.15) is 316 Å². The van der Waals surface area contributed by atoms with Crippen LogP contribution < -0.4 is 0 Å². The highest BCUT2D eigenvalue weighted by molar-refractivity contribution is 5.71. The van der Waals surface area contributed by atoms with Crippen molar-refractivity contribution in [1.29, 1.82) is 0 Å². The summed E-state index contributed by atoms with van der Waals surface area (Å²) in [5.74, 6) is -0.854. The van der Waals surface area contributed by atoms with Gasteiger partial charge in [0.25, 0.3) is 0 Å². The summed E-state index contributed by atoms with van der Waals surface area (Å²) in [5, 5.41) is 0. The van der Waals surface area contributed by atoms with E-state index in [4.69, 9.17) is 14.2 Å². The van der Waals surface area contributed by atoms with E-state index in [0.29, 0.717) is 19.3 Å². The van der Waals surface area contributed by atoms with E-state index in [-0.39, 0.29) is 31.1 Å². The number of carbonyl (C=O) groups excluding carboxylic acids is 3. The van der Waals surface area contributed by atoms with Crippen molar-refractivity contribution in [2.45, 2.75) is 322 Å². The van der Waals surface area contributed by atoms with E-state index in [1.165, 1.54) is 212 Å². The van der Waals surface area contributed by atoms with E-state index >= 15 is 0 Å². The largest absolute Gasteiger partial charge is 0.462 e. The van der Waals surface area contributed by atoms with Crippen LogP contribution >= 0.6 is 0 Å². The van der Waals surface area contributed by atoms with Crippen LogP contribution in [0.25, 0.3) is 0 Å². The maximum absolute atomic E-state index is 12.8. The Hall–Kier alpha value is -1.85. The Morgan fingerprint density at radius 2 is 0.540 bits per heavy atom. The number of rotatable bonds is 52. The van der Waals surface area contributed by atoms with E-state index in [0.717, 1.165) is 64.2 Å². The summed E-state index contributed by atoms with van der Waals surface area (Å²) in [7, 11) is 0. The van der Waals surface area contributed by atoms with E-state index in [1.807, 2.05) is 0 Å². The molecule has 372 valence electrons. The van der Waals surface area contributed by atoms with Crippen LogP contribution in [0.5, 0.6) is 0 Å². The Kier molecular flexibility index (Phi) is 51.2. The number of hydrogen-bond donors (Lipinski definition) is 0. The molecule has 0 aromatic heterocycles. The minimum Gasteiger partial charge on any atom is -0.462 e. The molecule has 6 nitrogen and oxygen atoms in total. The molecule has 0 aliphatic rings. The molecule has 0 aliphatic heterocycles. The summed E-state index contributed by atoms with van der Waals surface area (Å²) in [6.45, 7) is 6.65. The Morgan fingerprint density at radius 1 is 0.302 bits per heavy atom. The van der Waals surface area contributed by atoms with Crippen molar-refractivity contribution in [3.05, 3.63) is 12.2 Å². The van der Waals surface area contributed by atoms with Gasteiger partial charge in [-0.15, -0.1) is 0 Å². The van der Waals surface area contributed by atoms with E-state index in [9.17, 15) is 14.4 Å². The zero-order valence-corrected chi connectivity index (χ0v) is 42.6. The molecular weight excluding hydrogens is 781 g/mol. The standard InChI is InChI=1S/C57H108O6/c1-4-7-10-13-16-19-22-24-26-28-30-32-35-38-41-44-47-50-56(59)62-53-54(52-61-55(58)49-46-43-40-37-34-21-18-15-12-9-6-3)63-57(60)51-48-45-42-39-36-33-31-29-27-25-23-20-17-14-11-8-5-2/h15,18,54H,4-14,16-17,19-53H2,1-3H3/b18-15-. The first-order chi connectivity index (χ1) is 31.0. The summed E-state index contributed by atoms with van der Waals surface area (Å²) < 4.78 is 16.8. The average molecular weight is 889 g/mol. The van der Waals surface area contributed by atoms with Crippen molar-refractivity contribution in [2.24, 2.45) is 0 Å². The van der Waals surface area contributed by atoms with Gasteiger partial charge in [0.15, 0.2) is 6.10 Å². The zero-order chi connectivity index (χ0) is 45.8. The lowest BCUT2D eigenvalue weighted by Crippen LogP contribution is -2.30. The van der Waals surface area contributed by atoms with Crippen molar-refractivity contribution in [2.75, 3.05) is 13.2 Å². The second kappa shape index (κ2) is 52.8. The van der Waals surface area contributed by atoms with Crippen LogP contribution in [-0.4, -0.2) is 37.2 Å². The fourth-order valence-electron chi connectivity index (χ4n) is 8.49. The normalized spacial score (nSPS) is 12.0. The van der Waals surface area contributed by atoms with Gasteiger partial charge in [-0.25, -0.2) is 0 Å². The first-order valence-electron chi connectivity index (χ1n) is 28.2. The Balaban J connectivity index is 4.28. The van der Waals surface area contributed by atoms with Crippen LogP contribution in [-0.2, 0) is 28.6 Å². The molecule has 1 atom stereocenters. The van der Waals surface area contributed by atoms with Crippen molar-refractivity contribution < 1.29 is 28.6 Å². The lowest BCUT2D eigenvalue weighted by Gasteiger charge is -2.18. The fraction of sp³-hybridized carbons (Fsp3) is 0.912. The van der Waals surface area contributed by atoms with Crippen LogP contribution in [0.15, 0.2) is 12.2 Å². The fourth-order valence-corrected chi connectivity index (χ4v) is 8.49. The third-order valence-electron chi connectivity index (χ3n) is 12.8. The van der Waals surface area contributed by atoms with Gasteiger partial charge in [0.05, 0.1) is 0 Å². The highest BCUT2D eigenvalue weighted by Gasteiger charge is 2.19. The van der Waals surface area contributed by atoms with Gasteiger partial charge in [0, 0.05) is 19.3 Å². The number of ether oxygens (including phenoxy) is 3. The first-order valence-corrected chi connectivity index (χ1v) is 28.2. The Bertz CT molecular complexity index is 978. The Labute approximate surface area is 392 Å². The zero-order valence-electron chi connectivity index (χ0n) is 42.6. The minimum atomic E-state index is -0.767. The summed E-state index contributed by atoms with van der Waals surface area (Å²) in [5.41, 5.74) is 0. The summed E-state index contributed by atoms with van der Waals surface area (Å²) >= 11 is 0. The molecule has 0 aromatic rings. The maximum atomic E-state index is 12.8. The summed E-state index contributed by atoms with van der Waals surface area (Å²) in [6, 6.07) is 0. The molecule has 0 N–H and O–H groups in total. The SMILES string of the molecule is CCCC/C=C\CCCCCCCC(=O)OCC(COC(=O)CCCCCCCCCCCCCCCCCCC)OC(=O)CCCCCCCCCCCCCCCCCCC. The van der Waals surface area contributed by atoms with Crippen molar-refractivity contribution >= 4 is 17.9 Å². The van der Waals surface area contributed by atoms with Crippen LogP contribution in [0.4, 0.5) is 0 Å². The maximum Gasteiger partial charge on any atom is 0.306 e. The van der Waals surface area contributed by atoms with Gasteiger partial charge >= 0.3 is 17.9 Å². The summed E-state index contributed by atoms with van der Waals surface area (Å²) in [4.78, 5) is 38.0. The van der Waals surface area contributed by atoms with Gasteiger partial charge in [-0.3, -0.25) is 14.4 Å². The number of carbonyl (C=O) groups is 3. The van der Waals surface area contributed by atoms with Crippen LogP contribution in [0, 0.1) is 0 Å². The lowest BCUT2D eigenvalue weighted by atomic mass is 10.0. The molecule has 0 saturated carbocycles. The van der Waals surface area contributed by atoms with Gasteiger partial charge in [-0.05, 0) is 38.5 Å². The highest BCUT2D eigenvalue weighted by atomic mass is 16.6. The van der Waals surface area contributed by atoms with E-state index in [1.54, 1.807) is 0 Å². The minimum absolute atomic E-state index is 0.0667. The molecule has 0 heterocycles. The Morgan fingerprint density at radius 3 is 0.841 bits per heavy atom. The quantitative estimate of drug-likeness (QED) is 0.0262. The van der Waals surface area contributed by atoms with Crippen LogP contribution in [0.2, 0.25) is 0 Å². The summed E-state index contributed by atoms with van der Waals surface area (Å²) in [6.07, 6.45) is 59.2. The first kappa shape index (κ1) is 61.1. The second-order valence-corrected chi connectivity index (χ2v) is 19.2. The smallest absolute Gasteiger partial charge is 0.306 e. The molecule has 0 aromatic carbocycles. The van der Waals surface area contributed by atoms with Gasteiger partial charge in [0.2, 0.25) is 0 Å². The monoisotopic (exact) mass is 889 g/mol. The van der Waals surface area contributed by atoms with Crippen molar-refractivity contribution in [3.63, 3.8) is 0 Å². The number of esters is 3. The van der Waals surface area contributed by atoms with E-state index < -0.39 is 6.10 Å². The van der Waals surface area contributed by atoms with Crippen molar-refractivity contribution in [1.82, 2.24) is 0 Å². The second-order valence-electron chi connectivity index (χ2n) is 19.2. The third kappa shape index (κ3) is 51.0. The number of unbranched alkanes of at least 4 members (excludes halogenated alkanes) is 39. The topological polar surface area (TPSA) is 78.9 Å². The van der Waals surface area contributed by atoms with Crippen LogP contribution in [0.3, 0.4) is 0 Å².